The normalized spacial score (nSPS) is 19.8. The molecular weight excluding hydrogens is 360 g/mol. The molecule has 2 aliphatic heterocycles. The summed E-state index contributed by atoms with van der Waals surface area (Å²) in [5.41, 5.74) is 0.955. The summed E-state index contributed by atoms with van der Waals surface area (Å²) in [5, 5.41) is 3.07. The van der Waals surface area contributed by atoms with Gasteiger partial charge < -0.3 is 24.1 Å². The largest absolute Gasteiger partial charge is 0.486 e. The van der Waals surface area contributed by atoms with Crippen LogP contribution in [0.4, 0.5) is 0 Å². The third-order valence-electron chi connectivity index (χ3n) is 5.24. The Morgan fingerprint density at radius 3 is 2.79 bits per heavy atom. The molecule has 4 rings (SSSR count). The van der Waals surface area contributed by atoms with E-state index < -0.39 is 0 Å². The number of furan rings is 1. The number of fused-ring (bicyclic) bond motifs is 1. The van der Waals surface area contributed by atoms with Crippen molar-refractivity contribution in [1.82, 2.24) is 10.2 Å². The van der Waals surface area contributed by atoms with Crippen LogP contribution >= 0.6 is 0 Å². The van der Waals surface area contributed by atoms with Crippen molar-refractivity contribution < 1.29 is 23.5 Å². The number of nitrogens with zero attached hydrogens (tertiary/aromatic N) is 1. The molecular formula is C21H24N2O5. The molecule has 2 amide bonds. The van der Waals surface area contributed by atoms with Gasteiger partial charge in [-0.3, -0.25) is 9.59 Å². The van der Waals surface area contributed by atoms with Gasteiger partial charge in [0.1, 0.15) is 13.2 Å². The Labute approximate surface area is 163 Å². The summed E-state index contributed by atoms with van der Waals surface area (Å²) >= 11 is 0. The zero-order valence-corrected chi connectivity index (χ0v) is 15.8. The van der Waals surface area contributed by atoms with Crippen LogP contribution in [-0.2, 0) is 4.79 Å². The van der Waals surface area contributed by atoms with Gasteiger partial charge in [-0.05, 0) is 49.6 Å². The number of amides is 2. The van der Waals surface area contributed by atoms with Gasteiger partial charge in [0.25, 0.3) is 5.91 Å². The fourth-order valence-electron chi connectivity index (χ4n) is 3.68. The fourth-order valence-corrected chi connectivity index (χ4v) is 3.68. The second-order valence-corrected chi connectivity index (χ2v) is 7.20. The Kier molecular flexibility index (Phi) is 5.23. The highest BCUT2D eigenvalue weighted by molar-refractivity contribution is 5.92. The summed E-state index contributed by atoms with van der Waals surface area (Å²) in [6.45, 7) is 4.06. The molecule has 1 N–H and O–H groups in total. The lowest BCUT2D eigenvalue weighted by Gasteiger charge is -2.32. The van der Waals surface area contributed by atoms with Gasteiger partial charge in [0.2, 0.25) is 5.91 Å². The second-order valence-electron chi connectivity index (χ2n) is 7.20. The zero-order valence-electron chi connectivity index (χ0n) is 15.8. The third kappa shape index (κ3) is 3.83. The highest BCUT2D eigenvalue weighted by Gasteiger charge is 2.30. The summed E-state index contributed by atoms with van der Waals surface area (Å²) in [5.74, 6) is 1.31. The maximum atomic E-state index is 12.8. The van der Waals surface area contributed by atoms with E-state index in [0.717, 1.165) is 24.2 Å². The van der Waals surface area contributed by atoms with E-state index in [2.05, 4.69) is 5.32 Å². The smallest absolute Gasteiger partial charge is 0.289 e. The van der Waals surface area contributed by atoms with Crippen LogP contribution in [0.2, 0.25) is 0 Å². The first-order chi connectivity index (χ1) is 13.6. The molecule has 0 saturated carbocycles. The first kappa shape index (κ1) is 18.4. The van der Waals surface area contributed by atoms with Crippen LogP contribution in [0.15, 0.2) is 41.0 Å². The minimum Gasteiger partial charge on any atom is -0.486 e. The number of rotatable bonds is 4. The second kappa shape index (κ2) is 7.96. The van der Waals surface area contributed by atoms with Crippen LogP contribution in [-0.4, -0.2) is 43.0 Å². The number of carbonyl (C=O) groups is 2. The lowest BCUT2D eigenvalue weighted by Crippen LogP contribution is -2.45. The van der Waals surface area contributed by atoms with Gasteiger partial charge in [-0.1, -0.05) is 6.07 Å². The Morgan fingerprint density at radius 2 is 2.00 bits per heavy atom. The molecule has 28 heavy (non-hydrogen) atoms. The molecule has 0 radical (unpaired) electrons. The number of ether oxygens (including phenoxy) is 2. The molecule has 0 aliphatic carbocycles. The number of nitrogens with one attached hydrogen (secondary N) is 1. The van der Waals surface area contributed by atoms with Gasteiger partial charge in [-0.2, -0.15) is 0 Å². The van der Waals surface area contributed by atoms with Gasteiger partial charge in [-0.25, -0.2) is 0 Å². The van der Waals surface area contributed by atoms with Crippen LogP contribution in [0.5, 0.6) is 11.5 Å². The minimum atomic E-state index is -0.229. The topological polar surface area (TPSA) is 81.0 Å². The fraction of sp³-hybridized carbons (Fsp3) is 0.429. The van der Waals surface area contributed by atoms with Crippen LogP contribution in [0.25, 0.3) is 0 Å². The molecule has 1 saturated heterocycles. The summed E-state index contributed by atoms with van der Waals surface area (Å²) in [4.78, 5) is 27.0. The van der Waals surface area contributed by atoms with Crippen molar-refractivity contribution in [3.63, 3.8) is 0 Å². The number of piperidine rings is 1. The van der Waals surface area contributed by atoms with Crippen molar-refractivity contribution in [2.24, 2.45) is 5.92 Å². The third-order valence-corrected chi connectivity index (χ3v) is 5.24. The van der Waals surface area contributed by atoms with Gasteiger partial charge in [0.05, 0.1) is 18.2 Å². The molecule has 7 nitrogen and oxygen atoms in total. The lowest BCUT2D eigenvalue weighted by molar-refractivity contribution is -0.127. The van der Waals surface area contributed by atoms with E-state index in [-0.39, 0.29) is 23.8 Å². The Morgan fingerprint density at radius 1 is 1.18 bits per heavy atom. The first-order valence-corrected chi connectivity index (χ1v) is 9.64. The van der Waals surface area contributed by atoms with Crippen LogP contribution in [0, 0.1) is 5.92 Å². The van der Waals surface area contributed by atoms with Gasteiger partial charge in [0.15, 0.2) is 17.3 Å². The Balaban J connectivity index is 1.38. The van der Waals surface area contributed by atoms with E-state index in [1.165, 1.54) is 6.26 Å². The summed E-state index contributed by atoms with van der Waals surface area (Å²) in [7, 11) is 0. The van der Waals surface area contributed by atoms with Crippen molar-refractivity contribution in [3.8, 4) is 11.5 Å². The van der Waals surface area contributed by atoms with Crippen molar-refractivity contribution in [2.45, 2.75) is 25.8 Å². The van der Waals surface area contributed by atoms with E-state index in [4.69, 9.17) is 13.9 Å². The molecule has 1 fully saturated rings. The quantitative estimate of drug-likeness (QED) is 0.877. The number of hydrogen-bond donors (Lipinski definition) is 1. The van der Waals surface area contributed by atoms with Gasteiger partial charge in [-0.15, -0.1) is 0 Å². The van der Waals surface area contributed by atoms with Crippen LogP contribution in [0.1, 0.15) is 41.9 Å². The van der Waals surface area contributed by atoms with E-state index in [1.807, 2.05) is 25.1 Å². The predicted octanol–water partition coefficient (Wildman–Crippen LogP) is 2.78. The van der Waals surface area contributed by atoms with Gasteiger partial charge in [0, 0.05) is 13.1 Å². The van der Waals surface area contributed by atoms with Crippen molar-refractivity contribution >= 4 is 11.8 Å². The van der Waals surface area contributed by atoms with E-state index >= 15 is 0 Å². The monoisotopic (exact) mass is 384 g/mol. The number of likely N-dealkylation sites (tertiary alicyclic amines) is 1. The molecule has 0 spiro atoms. The molecule has 148 valence electrons. The zero-order chi connectivity index (χ0) is 19.5. The van der Waals surface area contributed by atoms with Crippen molar-refractivity contribution in [2.75, 3.05) is 26.3 Å². The molecule has 2 atom stereocenters. The maximum Gasteiger partial charge on any atom is 0.289 e. The molecule has 2 aliphatic rings. The summed E-state index contributed by atoms with van der Waals surface area (Å²) < 4.78 is 16.4. The lowest BCUT2D eigenvalue weighted by atomic mass is 9.96. The molecule has 2 unspecified atom stereocenters. The minimum absolute atomic E-state index is 0.0423. The Bertz CT molecular complexity index is 848. The van der Waals surface area contributed by atoms with Crippen LogP contribution in [0.3, 0.4) is 0 Å². The van der Waals surface area contributed by atoms with Crippen molar-refractivity contribution in [1.29, 1.82) is 0 Å². The average Bonchev–Trinajstić information content (AvgIpc) is 3.27. The molecule has 2 aromatic rings. The number of hydrogen-bond acceptors (Lipinski definition) is 5. The van der Waals surface area contributed by atoms with Gasteiger partial charge >= 0.3 is 0 Å². The van der Waals surface area contributed by atoms with Crippen LogP contribution < -0.4 is 14.8 Å². The molecule has 3 heterocycles. The number of carbonyl (C=O) groups excluding carboxylic acids is 2. The SMILES string of the molecule is CC(NC(=O)C1CCCN(C(=O)c2ccco2)C1)c1ccc2c(c1)OCCO2. The highest BCUT2D eigenvalue weighted by Crippen LogP contribution is 2.32. The number of benzene rings is 1. The maximum absolute atomic E-state index is 12.8. The summed E-state index contributed by atoms with van der Waals surface area (Å²) in [6, 6.07) is 8.89. The van der Waals surface area contributed by atoms with Crippen molar-refractivity contribution in [3.05, 3.63) is 47.9 Å². The van der Waals surface area contributed by atoms with E-state index in [0.29, 0.717) is 37.8 Å². The van der Waals surface area contributed by atoms with E-state index in [1.54, 1.807) is 17.0 Å². The average molecular weight is 384 g/mol. The molecule has 0 bridgehead atoms. The first-order valence-electron chi connectivity index (χ1n) is 9.64. The molecule has 1 aromatic carbocycles. The standard InChI is InChI=1S/C21H24N2O5/c1-14(15-6-7-17-19(12-15)28-11-10-27-17)22-20(24)16-4-2-8-23(13-16)21(25)18-5-3-9-26-18/h3,5-7,9,12,14,16H,2,4,8,10-11,13H2,1H3,(H,22,24). The highest BCUT2D eigenvalue weighted by atomic mass is 16.6. The molecule has 7 heteroatoms. The van der Waals surface area contributed by atoms with E-state index in [9.17, 15) is 9.59 Å². The summed E-state index contributed by atoms with van der Waals surface area (Å²) in [6.07, 6.45) is 3.04. The predicted molar refractivity (Wildman–Crippen MR) is 101 cm³/mol. The Hall–Kier alpha value is -2.96. The molecule has 1 aromatic heterocycles.